The maximum Gasteiger partial charge on any atom is 0.407 e. The Morgan fingerprint density at radius 2 is 1.67 bits per heavy atom. The van der Waals surface area contributed by atoms with Gasteiger partial charge in [0, 0.05) is 18.9 Å². The zero-order chi connectivity index (χ0) is 21.7. The lowest BCUT2D eigenvalue weighted by Crippen LogP contribution is -2.45. The van der Waals surface area contributed by atoms with Gasteiger partial charge in [0.2, 0.25) is 0 Å². The van der Waals surface area contributed by atoms with Crippen LogP contribution in [0.5, 0.6) is 0 Å². The molecule has 160 valence electrons. The molecule has 2 atom stereocenters. The van der Waals surface area contributed by atoms with Crippen LogP contribution in [0, 0.1) is 0 Å². The van der Waals surface area contributed by atoms with E-state index in [4.69, 9.17) is 4.74 Å². The number of carbonyl (C=O) groups excluding carboxylic acids is 1. The van der Waals surface area contributed by atoms with Gasteiger partial charge in [-0.1, -0.05) is 55.5 Å². The van der Waals surface area contributed by atoms with Gasteiger partial charge in [-0.15, -0.1) is 0 Å². The number of aliphatic hydroxyl groups is 1. The number of ether oxygens (including phenoxy) is 1. The Kier molecular flexibility index (Phi) is 7.07. The van der Waals surface area contributed by atoms with E-state index in [9.17, 15) is 19.8 Å². The van der Waals surface area contributed by atoms with Crippen LogP contribution in [0.3, 0.4) is 0 Å². The molecule has 0 aliphatic heterocycles. The lowest BCUT2D eigenvalue weighted by atomic mass is 9.98. The van der Waals surface area contributed by atoms with Gasteiger partial charge in [0.15, 0.2) is 0 Å². The summed E-state index contributed by atoms with van der Waals surface area (Å²) in [7, 11) is 1.83. The van der Waals surface area contributed by atoms with Crippen LogP contribution in [0.2, 0.25) is 0 Å². The van der Waals surface area contributed by atoms with E-state index in [1.807, 2.05) is 67.4 Å². The van der Waals surface area contributed by atoms with Crippen LogP contribution < -0.4 is 5.32 Å². The van der Waals surface area contributed by atoms with Gasteiger partial charge in [0.25, 0.3) is 0 Å². The average Bonchev–Trinajstić information content (AvgIpc) is 3.05. The second-order valence-corrected chi connectivity index (χ2v) is 7.61. The number of amides is 1. The third-order valence-corrected chi connectivity index (χ3v) is 5.50. The molecule has 7 heteroatoms. The number of carboxylic acids is 1. The standard InChI is InChI=1S/C23H28N2O5/c1-3-25(2)13-15(26)12-21(22(27)28)24-23(29)30-14-20-18-10-6-4-8-16(18)17-9-5-7-11-19(17)20/h4-11,15,20-21,26H,3,12-14H2,1-2H3,(H,24,29)(H,27,28). The Morgan fingerprint density at radius 3 is 2.20 bits per heavy atom. The summed E-state index contributed by atoms with van der Waals surface area (Å²) in [5, 5.41) is 21.9. The molecule has 0 heterocycles. The van der Waals surface area contributed by atoms with Gasteiger partial charge in [-0.2, -0.15) is 0 Å². The number of fused-ring (bicyclic) bond motifs is 3. The monoisotopic (exact) mass is 412 g/mol. The number of carbonyl (C=O) groups is 2. The minimum absolute atomic E-state index is 0.0934. The molecule has 30 heavy (non-hydrogen) atoms. The summed E-state index contributed by atoms with van der Waals surface area (Å²) in [5.41, 5.74) is 4.40. The molecule has 0 fully saturated rings. The minimum Gasteiger partial charge on any atom is -0.480 e. The number of hydrogen-bond donors (Lipinski definition) is 3. The smallest absolute Gasteiger partial charge is 0.407 e. The van der Waals surface area contributed by atoms with Gasteiger partial charge in [0.05, 0.1) is 6.10 Å². The molecule has 3 rings (SSSR count). The van der Waals surface area contributed by atoms with E-state index in [0.717, 1.165) is 28.8 Å². The number of nitrogens with one attached hydrogen (secondary N) is 1. The van der Waals surface area contributed by atoms with E-state index in [1.165, 1.54) is 0 Å². The minimum atomic E-state index is -1.22. The molecule has 1 amide bonds. The fourth-order valence-electron chi connectivity index (χ4n) is 3.84. The van der Waals surface area contributed by atoms with Crippen molar-refractivity contribution < 1.29 is 24.5 Å². The molecule has 0 saturated carbocycles. The van der Waals surface area contributed by atoms with Crippen molar-refractivity contribution in [1.29, 1.82) is 0 Å². The zero-order valence-corrected chi connectivity index (χ0v) is 17.2. The van der Waals surface area contributed by atoms with Crippen molar-refractivity contribution in [3.8, 4) is 11.1 Å². The molecule has 0 bridgehead atoms. The van der Waals surface area contributed by atoms with E-state index in [2.05, 4.69) is 5.32 Å². The second-order valence-electron chi connectivity index (χ2n) is 7.61. The van der Waals surface area contributed by atoms with E-state index in [-0.39, 0.29) is 18.9 Å². The first-order chi connectivity index (χ1) is 14.4. The number of benzene rings is 2. The molecule has 2 aromatic carbocycles. The fourth-order valence-corrected chi connectivity index (χ4v) is 3.84. The highest BCUT2D eigenvalue weighted by Crippen LogP contribution is 2.44. The van der Waals surface area contributed by atoms with Crippen LogP contribution >= 0.6 is 0 Å². The van der Waals surface area contributed by atoms with Gasteiger partial charge in [-0.05, 0) is 35.8 Å². The van der Waals surface area contributed by atoms with Crippen molar-refractivity contribution in [3.63, 3.8) is 0 Å². The number of carboxylic acid groups (broad SMARTS) is 1. The summed E-state index contributed by atoms with van der Waals surface area (Å²) >= 11 is 0. The van der Waals surface area contributed by atoms with Crippen LogP contribution in [-0.4, -0.2) is 66.1 Å². The number of likely N-dealkylation sites (N-methyl/N-ethyl adjacent to an activating group) is 1. The summed E-state index contributed by atoms with van der Waals surface area (Å²) in [6.07, 6.45) is -1.77. The highest BCUT2D eigenvalue weighted by Gasteiger charge is 2.30. The fraction of sp³-hybridized carbons (Fsp3) is 0.391. The predicted molar refractivity (Wildman–Crippen MR) is 113 cm³/mol. The van der Waals surface area contributed by atoms with Gasteiger partial charge < -0.3 is 25.2 Å². The summed E-state index contributed by atoms with van der Waals surface area (Å²) in [6, 6.07) is 14.8. The first-order valence-corrected chi connectivity index (χ1v) is 10.1. The largest absolute Gasteiger partial charge is 0.480 e. The lowest BCUT2D eigenvalue weighted by molar-refractivity contribution is -0.140. The molecule has 2 aromatic rings. The molecule has 0 radical (unpaired) electrons. The Balaban J connectivity index is 1.61. The zero-order valence-electron chi connectivity index (χ0n) is 17.2. The van der Waals surface area contributed by atoms with E-state index < -0.39 is 24.2 Å². The lowest BCUT2D eigenvalue weighted by Gasteiger charge is -2.22. The van der Waals surface area contributed by atoms with Crippen molar-refractivity contribution in [1.82, 2.24) is 10.2 Å². The molecular formula is C23H28N2O5. The molecule has 7 nitrogen and oxygen atoms in total. The molecule has 0 aromatic heterocycles. The second kappa shape index (κ2) is 9.73. The molecule has 0 saturated heterocycles. The summed E-state index contributed by atoms with van der Waals surface area (Å²) in [6.45, 7) is 3.10. The Labute approximate surface area is 176 Å². The maximum atomic E-state index is 12.3. The number of nitrogens with zero attached hydrogens (tertiary/aromatic N) is 1. The Morgan fingerprint density at radius 1 is 1.10 bits per heavy atom. The van der Waals surface area contributed by atoms with Crippen molar-refractivity contribution >= 4 is 12.1 Å². The molecule has 0 spiro atoms. The van der Waals surface area contributed by atoms with Gasteiger partial charge >= 0.3 is 12.1 Å². The molecule has 2 unspecified atom stereocenters. The van der Waals surface area contributed by atoms with Crippen LogP contribution in [0.25, 0.3) is 11.1 Å². The average molecular weight is 412 g/mol. The van der Waals surface area contributed by atoms with Crippen LogP contribution in [0.1, 0.15) is 30.4 Å². The molecule has 1 aliphatic carbocycles. The van der Waals surface area contributed by atoms with Crippen molar-refractivity contribution in [2.45, 2.75) is 31.4 Å². The van der Waals surface area contributed by atoms with Crippen molar-refractivity contribution in [3.05, 3.63) is 59.7 Å². The van der Waals surface area contributed by atoms with Gasteiger partial charge in [-0.25, -0.2) is 9.59 Å². The SMILES string of the molecule is CCN(C)CC(O)CC(NC(=O)OCC1c2ccccc2-c2ccccc21)C(=O)O. The Bertz CT molecular complexity index is 855. The first kappa shape index (κ1) is 21.8. The molecule has 1 aliphatic rings. The van der Waals surface area contributed by atoms with E-state index in [1.54, 1.807) is 0 Å². The number of rotatable bonds is 9. The number of aliphatic hydroxyl groups excluding tert-OH is 1. The highest BCUT2D eigenvalue weighted by molar-refractivity contribution is 5.81. The number of hydrogen-bond acceptors (Lipinski definition) is 5. The van der Waals surface area contributed by atoms with Crippen molar-refractivity contribution in [2.75, 3.05) is 26.7 Å². The van der Waals surface area contributed by atoms with Crippen LogP contribution in [-0.2, 0) is 9.53 Å². The van der Waals surface area contributed by atoms with E-state index in [0.29, 0.717) is 6.54 Å². The number of alkyl carbamates (subject to hydrolysis) is 1. The highest BCUT2D eigenvalue weighted by atomic mass is 16.5. The maximum absolute atomic E-state index is 12.3. The quantitative estimate of drug-likeness (QED) is 0.586. The topological polar surface area (TPSA) is 99.1 Å². The normalized spacial score (nSPS) is 14.7. The Hall–Kier alpha value is -2.90. The predicted octanol–water partition coefficient (Wildman–Crippen LogP) is 2.68. The van der Waals surface area contributed by atoms with Crippen LogP contribution in [0.4, 0.5) is 4.79 Å². The third-order valence-electron chi connectivity index (χ3n) is 5.50. The van der Waals surface area contributed by atoms with Gasteiger partial charge in [-0.3, -0.25) is 0 Å². The summed E-state index contributed by atoms with van der Waals surface area (Å²) < 4.78 is 5.40. The summed E-state index contributed by atoms with van der Waals surface area (Å²) in [5.74, 6) is -1.31. The molecule has 3 N–H and O–H groups in total. The first-order valence-electron chi connectivity index (χ1n) is 10.1. The summed E-state index contributed by atoms with van der Waals surface area (Å²) in [4.78, 5) is 25.7. The van der Waals surface area contributed by atoms with Crippen LogP contribution in [0.15, 0.2) is 48.5 Å². The third kappa shape index (κ3) is 4.98. The van der Waals surface area contributed by atoms with Gasteiger partial charge in [0.1, 0.15) is 12.6 Å². The number of aliphatic carboxylic acids is 1. The molecular weight excluding hydrogens is 384 g/mol. The van der Waals surface area contributed by atoms with E-state index >= 15 is 0 Å². The van der Waals surface area contributed by atoms with Crippen molar-refractivity contribution in [2.24, 2.45) is 0 Å².